The summed E-state index contributed by atoms with van der Waals surface area (Å²) in [6.45, 7) is 1.16. The molecule has 1 aromatic heterocycles. The summed E-state index contributed by atoms with van der Waals surface area (Å²) in [6.07, 6.45) is 1.12. The van der Waals surface area contributed by atoms with Crippen molar-refractivity contribution in [2.75, 3.05) is 33.5 Å². The maximum Gasteiger partial charge on any atom is 0.354 e. The standard InChI is InChI=1S/C10H14ClNO6S/c1-16-2-3-17-4-5-18-10(13)9-6-8(7-12-9)19(11,14)15/h6-7,12H,2-5H2,1H3. The smallest absolute Gasteiger partial charge is 0.354 e. The highest BCUT2D eigenvalue weighted by Crippen LogP contribution is 2.16. The number of halogens is 1. The summed E-state index contributed by atoms with van der Waals surface area (Å²) >= 11 is 0. The minimum absolute atomic E-state index is 0.0103. The predicted octanol–water partition coefficient (Wildman–Crippen LogP) is 0.762. The second-order valence-corrected chi connectivity index (χ2v) is 5.99. The van der Waals surface area contributed by atoms with Crippen molar-refractivity contribution in [1.29, 1.82) is 0 Å². The van der Waals surface area contributed by atoms with Gasteiger partial charge in [-0.2, -0.15) is 0 Å². The molecule has 0 amide bonds. The van der Waals surface area contributed by atoms with E-state index in [4.69, 9.17) is 24.9 Å². The highest BCUT2D eigenvalue weighted by Gasteiger charge is 2.16. The molecule has 0 aromatic carbocycles. The Morgan fingerprint density at radius 1 is 1.32 bits per heavy atom. The molecule has 7 nitrogen and oxygen atoms in total. The second kappa shape index (κ2) is 7.49. The lowest BCUT2D eigenvalue weighted by atomic mass is 10.4. The SMILES string of the molecule is COCCOCCOC(=O)c1cc(S(=O)(=O)Cl)c[nH]1. The topological polar surface area (TPSA) is 94.7 Å². The number of aromatic nitrogens is 1. The summed E-state index contributed by atoms with van der Waals surface area (Å²) in [5.41, 5.74) is 0.0103. The monoisotopic (exact) mass is 311 g/mol. The Balaban J connectivity index is 2.36. The van der Waals surface area contributed by atoms with E-state index in [1.165, 1.54) is 0 Å². The van der Waals surface area contributed by atoms with Crippen LogP contribution in [0, 0.1) is 0 Å². The Hall–Kier alpha value is -1.09. The van der Waals surface area contributed by atoms with Gasteiger partial charge in [-0.1, -0.05) is 0 Å². The van der Waals surface area contributed by atoms with E-state index in [1.54, 1.807) is 7.11 Å². The quantitative estimate of drug-likeness (QED) is 0.433. The lowest BCUT2D eigenvalue weighted by Gasteiger charge is -2.04. The van der Waals surface area contributed by atoms with Gasteiger partial charge in [-0.05, 0) is 6.07 Å². The minimum Gasteiger partial charge on any atom is -0.459 e. The number of hydrogen-bond acceptors (Lipinski definition) is 6. The van der Waals surface area contributed by atoms with E-state index in [0.717, 1.165) is 12.3 Å². The van der Waals surface area contributed by atoms with Crippen LogP contribution in [0.15, 0.2) is 17.2 Å². The Bertz CT molecular complexity index is 512. The van der Waals surface area contributed by atoms with Crippen molar-refractivity contribution in [2.24, 2.45) is 0 Å². The maximum absolute atomic E-state index is 11.5. The van der Waals surface area contributed by atoms with Crippen LogP contribution in [0.2, 0.25) is 0 Å². The molecule has 0 saturated carbocycles. The van der Waals surface area contributed by atoms with Gasteiger partial charge < -0.3 is 19.2 Å². The van der Waals surface area contributed by atoms with Crippen LogP contribution in [-0.2, 0) is 23.3 Å². The lowest BCUT2D eigenvalue weighted by molar-refractivity contribution is 0.0210. The molecule has 1 aromatic rings. The number of rotatable bonds is 8. The van der Waals surface area contributed by atoms with E-state index in [1.807, 2.05) is 0 Å². The van der Waals surface area contributed by atoms with Gasteiger partial charge in [0.05, 0.1) is 19.8 Å². The van der Waals surface area contributed by atoms with Gasteiger partial charge in [0, 0.05) is 24.0 Å². The molecule has 1 N–H and O–H groups in total. The van der Waals surface area contributed by atoms with Crippen LogP contribution >= 0.6 is 10.7 Å². The van der Waals surface area contributed by atoms with Gasteiger partial charge in [0.15, 0.2) is 0 Å². The molecule has 0 bridgehead atoms. The maximum atomic E-state index is 11.5. The number of aromatic amines is 1. The number of nitrogens with one attached hydrogen (secondary N) is 1. The van der Waals surface area contributed by atoms with Crippen molar-refractivity contribution in [2.45, 2.75) is 4.90 Å². The van der Waals surface area contributed by atoms with Crippen LogP contribution in [0.4, 0.5) is 0 Å². The van der Waals surface area contributed by atoms with E-state index in [2.05, 4.69) is 4.98 Å². The van der Waals surface area contributed by atoms with Crippen molar-refractivity contribution in [3.05, 3.63) is 18.0 Å². The van der Waals surface area contributed by atoms with Crippen molar-refractivity contribution >= 4 is 25.7 Å². The molecule has 0 atom stereocenters. The van der Waals surface area contributed by atoms with Gasteiger partial charge in [-0.3, -0.25) is 0 Å². The molecule has 0 aliphatic rings. The number of carbonyl (C=O) groups excluding carboxylic acids is 1. The Morgan fingerprint density at radius 3 is 2.58 bits per heavy atom. The molecule has 0 unspecified atom stereocenters. The van der Waals surface area contributed by atoms with Crippen molar-refractivity contribution in [1.82, 2.24) is 4.98 Å². The van der Waals surface area contributed by atoms with Gasteiger partial charge in [0.2, 0.25) is 0 Å². The van der Waals surface area contributed by atoms with Crippen LogP contribution in [0.25, 0.3) is 0 Å². The number of carbonyl (C=O) groups is 1. The van der Waals surface area contributed by atoms with E-state index >= 15 is 0 Å². The summed E-state index contributed by atoms with van der Waals surface area (Å²) < 4.78 is 36.7. The Kier molecular flexibility index (Phi) is 6.29. The zero-order valence-electron chi connectivity index (χ0n) is 10.2. The van der Waals surface area contributed by atoms with Crippen LogP contribution < -0.4 is 0 Å². The fraction of sp³-hybridized carbons (Fsp3) is 0.500. The summed E-state index contributed by atoms with van der Waals surface area (Å²) in [5, 5.41) is 0. The summed E-state index contributed by atoms with van der Waals surface area (Å²) in [4.78, 5) is 13.8. The molecule has 0 aliphatic carbocycles. The van der Waals surface area contributed by atoms with E-state index in [0.29, 0.717) is 13.2 Å². The average Bonchev–Trinajstić information content (AvgIpc) is 2.82. The van der Waals surface area contributed by atoms with Crippen LogP contribution in [-0.4, -0.2) is 52.9 Å². The highest BCUT2D eigenvalue weighted by molar-refractivity contribution is 8.13. The van der Waals surface area contributed by atoms with Crippen molar-refractivity contribution in [3.63, 3.8) is 0 Å². The first kappa shape index (κ1) is 16.0. The van der Waals surface area contributed by atoms with Gasteiger partial charge in [-0.15, -0.1) is 0 Å². The second-order valence-electron chi connectivity index (χ2n) is 3.43. The normalized spacial score (nSPS) is 11.5. The van der Waals surface area contributed by atoms with Gasteiger partial charge in [0.25, 0.3) is 9.05 Å². The number of H-pyrrole nitrogens is 1. The lowest BCUT2D eigenvalue weighted by Crippen LogP contribution is -2.12. The molecule has 1 rings (SSSR count). The molecule has 9 heteroatoms. The third-order valence-corrected chi connectivity index (χ3v) is 3.38. The fourth-order valence-corrected chi connectivity index (χ4v) is 1.87. The van der Waals surface area contributed by atoms with Crippen molar-refractivity contribution < 1.29 is 27.4 Å². The predicted molar refractivity (Wildman–Crippen MR) is 66.8 cm³/mol. The van der Waals surface area contributed by atoms with Crippen LogP contribution in [0.5, 0.6) is 0 Å². The molecule has 0 saturated heterocycles. The zero-order valence-corrected chi connectivity index (χ0v) is 11.8. The first-order chi connectivity index (χ1) is 8.95. The van der Waals surface area contributed by atoms with E-state index in [9.17, 15) is 13.2 Å². The molecule has 0 spiro atoms. The molecule has 19 heavy (non-hydrogen) atoms. The van der Waals surface area contributed by atoms with E-state index in [-0.39, 0.29) is 23.8 Å². The summed E-state index contributed by atoms with van der Waals surface area (Å²) in [5.74, 6) is -0.679. The molecule has 1 heterocycles. The Labute approximate surface area is 115 Å². The first-order valence-corrected chi connectivity index (χ1v) is 7.63. The molecule has 0 fully saturated rings. The van der Waals surface area contributed by atoms with Gasteiger partial charge in [-0.25, -0.2) is 13.2 Å². The largest absolute Gasteiger partial charge is 0.459 e. The molecule has 108 valence electrons. The number of esters is 1. The number of ether oxygens (including phenoxy) is 3. The third kappa shape index (κ3) is 5.60. The van der Waals surface area contributed by atoms with Gasteiger partial charge in [0.1, 0.15) is 17.2 Å². The zero-order chi connectivity index (χ0) is 14.3. The molecular weight excluding hydrogens is 298 g/mol. The van der Waals surface area contributed by atoms with Crippen molar-refractivity contribution in [3.8, 4) is 0 Å². The summed E-state index contributed by atoms with van der Waals surface area (Å²) in [7, 11) is 2.82. The summed E-state index contributed by atoms with van der Waals surface area (Å²) in [6, 6.07) is 1.11. The molecular formula is C10H14ClNO6S. The van der Waals surface area contributed by atoms with E-state index < -0.39 is 15.0 Å². The van der Waals surface area contributed by atoms with Gasteiger partial charge >= 0.3 is 5.97 Å². The fourth-order valence-electron chi connectivity index (χ4n) is 1.15. The Morgan fingerprint density at radius 2 is 2.00 bits per heavy atom. The third-order valence-electron chi connectivity index (χ3n) is 2.05. The van der Waals surface area contributed by atoms with Crippen LogP contribution in [0.1, 0.15) is 10.5 Å². The first-order valence-electron chi connectivity index (χ1n) is 5.32. The highest BCUT2D eigenvalue weighted by atomic mass is 35.7. The molecule has 0 aliphatic heterocycles. The molecule has 0 radical (unpaired) electrons. The minimum atomic E-state index is -3.86. The number of hydrogen-bond donors (Lipinski definition) is 1. The number of methoxy groups -OCH3 is 1. The van der Waals surface area contributed by atoms with Crippen LogP contribution in [0.3, 0.4) is 0 Å². The average molecular weight is 312 g/mol.